The second-order valence-electron chi connectivity index (χ2n) is 3.74. The highest BCUT2D eigenvalue weighted by atomic mass is 79.9. The highest BCUT2D eigenvalue weighted by molar-refractivity contribution is 9.10. The van der Waals surface area contributed by atoms with Gasteiger partial charge in [0.25, 0.3) is 0 Å². The molecule has 0 amide bonds. The second-order valence-corrected chi connectivity index (χ2v) is 4.65. The van der Waals surface area contributed by atoms with Gasteiger partial charge in [0.1, 0.15) is 5.75 Å². The van der Waals surface area contributed by atoms with Crippen LogP contribution in [0.15, 0.2) is 46.9 Å². The van der Waals surface area contributed by atoms with Crippen LogP contribution in [0.5, 0.6) is 5.75 Å². The summed E-state index contributed by atoms with van der Waals surface area (Å²) in [6.45, 7) is 0.480. The van der Waals surface area contributed by atoms with Gasteiger partial charge >= 0.3 is 0 Å². The Morgan fingerprint density at radius 1 is 1.06 bits per heavy atom. The van der Waals surface area contributed by atoms with E-state index >= 15 is 0 Å². The molecule has 0 spiro atoms. The fraction of sp³-hybridized carbons (Fsp3) is 0.143. The molecule has 0 bridgehead atoms. The quantitative estimate of drug-likeness (QED) is 0.938. The summed E-state index contributed by atoms with van der Waals surface area (Å²) in [5.41, 5.74) is 9.05. The van der Waals surface area contributed by atoms with Gasteiger partial charge < -0.3 is 10.5 Å². The Kier molecular flexibility index (Phi) is 3.82. The molecule has 0 heterocycles. The first-order valence-corrected chi connectivity index (χ1v) is 6.17. The van der Waals surface area contributed by atoms with E-state index in [-0.39, 0.29) is 0 Å². The molecule has 0 saturated heterocycles. The third-order valence-corrected chi connectivity index (χ3v) is 3.21. The molecule has 2 aromatic carbocycles. The van der Waals surface area contributed by atoms with Gasteiger partial charge in [0.2, 0.25) is 0 Å². The van der Waals surface area contributed by atoms with E-state index < -0.39 is 0 Å². The maximum Gasteiger partial charge on any atom is 0.123 e. The van der Waals surface area contributed by atoms with Crippen LogP contribution in [-0.4, -0.2) is 7.11 Å². The first kappa shape index (κ1) is 12.1. The summed E-state index contributed by atoms with van der Waals surface area (Å²) in [5, 5.41) is 0. The van der Waals surface area contributed by atoms with Crippen molar-refractivity contribution in [2.75, 3.05) is 7.11 Å². The molecular formula is C14H14BrNO. The lowest BCUT2D eigenvalue weighted by atomic mass is 10.0. The van der Waals surface area contributed by atoms with Crippen LogP contribution in [0.25, 0.3) is 11.1 Å². The van der Waals surface area contributed by atoms with Crippen LogP contribution in [0.1, 0.15) is 5.56 Å². The summed E-state index contributed by atoms with van der Waals surface area (Å²) in [4.78, 5) is 0. The van der Waals surface area contributed by atoms with Crippen molar-refractivity contribution in [3.63, 3.8) is 0 Å². The number of halogens is 1. The van der Waals surface area contributed by atoms with E-state index in [0.29, 0.717) is 6.54 Å². The second kappa shape index (κ2) is 5.34. The van der Waals surface area contributed by atoms with Gasteiger partial charge in [0.05, 0.1) is 7.11 Å². The molecule has 2 aromatic rings. The Labute approximate surface area is 110 Å². The fourth-order valence-electron chi connectivity index (χ4n) is 1.76. The topological polar surface area (TPSA) is 35.2 Å². The molecular weight excluding hydrogens is 278 g/mol. The molecule has 0 fully saturated rings. The zero-order valence-electron chi connectivity index (χ0n) is 9.61. The van der Waals surface area contributed by atoms with Crippen LogP contribution >= 0.6 is 15.9 Å². The summed E-state index contributed by atoms with van der Waals surface area (Å²) in [7, 11) is 1.66. The lowest BCUT2D eigenvalue weighted by molar-refractivity contribution is 0.410. The Morgan fingerprint density at radius 2 is 1.71 bits per heavy atom. The van der Waals surface area contributed by atoms with Crippen LogP contribution in [-0.2, 0) is 6.54 Å². The van der Waals surface area contributed by atoms with Crippen molar-refractivity contribution in [1.29, 1.82) is 0 Å². The van der Waals surface area contributed by atoms with Crippen LogP contribution in [0.3, 0.4) is 0 Å². The Balaban J connectivity index is 2.42. The molecule has 0 saturated carbocycles. The van der Waals surface area contributed by atoms with E-state index in [4.69, 9.17) is 10.5 Å². The highest BCUT2D eigenvalue weighted by Gasteiger charge is 2.04. The van der Waals surface area contributed by atoms with Gasteiger partial charge in [-0.05, 0) is 35.4 Å². The minimum atomic E-state index is 0.480. The van der Waals surface area contributed by atoms with E-state index in [2.05, 4.69) is 34.1 Å². The first-order chi connectivity index (χ1) is 8.24. The normalized spacial score (nSPS) is 10.3. The molecule has 17 heavy (non-hydrogen) atoms. The molecule has 2 N–H and O–H groups in total. The number of ether oxygens (including phenoxy) is 1. The molecule has 2 nitrogen and oxygen atoms in total. The number of hydrogen-bond donors (Lipinski definition) is 1. The Morgan fingerprint density at radius 3 is 2.29 bits per heavy atom. The van der Waals surface area contributed by atoms with Crippen LogP contribution in [0.2, 0.25) is 0 Å². The van der Waals surface area contributed by atoms with Crippen molar-refractivity contribution in [1.82, 2.24) is 0 Å². The highest BCUT2D eigenvalue weighted by Crippen LogP contribution is 2.27. The lowest BCUT2D eigenvalue weighted by Gasteiger charge is -2.09. The van der Waals surface area contributed by atoms with Gasteiger partial charge in [-0.2, -0.15) is 0 Å². The minimum Gasteiger partial charge on any atom is -0.496 e. The van der Waals surface area contributed by atoms with Gasteiger partial charge in [-0.25, -0.2) is 0 Å². The van der Waals surface area contributed by atoms with E-state index in [9.17, 15) is 0 Å². The number of nitrogens with two attached hydrogens (primary N) is 1. The maximum atomic E-state index is 5.71. The van der Waals surface area contributed by atoms with E-state index in [1.807, 2.05) is 24.3 Å². The maximum absolute atomic E-state index is 5.71. The molecule has 0 aliphatic rings. The summed E-state index contributed by atoms with van der Waals surface area (Å²) in [6, 6.07) is 14.3. The van der Waals surface area contributed by atoms with Gasteiger partial charge in [0.15, 0.2) is 0 Å². The molecule has 0 aromatic heterocycles. The Hall–Kier alpha value is -1.32. The van der Waals surface area contributed by atoms with E-state index in [1.165, 1.54) is 5.56 Å². The lowest BCUT2D eigenvalue weighted by Crippen LogP contribution is -2.00. The molecule has 0 aliphatic heterocycles. The number of rotatable bonds is 3. The van der Waals surface area contributed by atoms with Crippen molar-refractivity contribution in [2.45, 2.75) is 6.54 Å². The number of methoxy groups -OCH3 is 1. The van der Waals surface area contributed by atoms with E-state index in [0.717, 1.165) is 21.3 Å². The van der Waals surface area contributed by atoms with Crippen molar-refractivity contribution < 1.29 is 4.74 Å². The number of hydrogen-bond acceptors (Lipinski definition) is 2. The predicted molar refractivity (Wildman–Crippen MR) is 74.0 cm³/mol. The van der Waals surface area contributed by atoms with Crippen molar-refractivity contribution in [2.24, 2.45) is 5.73 Å². The van der Waals surface area contributed by atoms with Crippen LogP contribution in [0, 0.1) is 0 Å². The molecule has 0 atom stereocenters. The molecule has 3 heteroatoms. The van der Waals surface area contributed by atoms with Crippen molar-refractivity contribution in [3.05, 3.63) is 52.5 Å². The fourth-order valence-corrected chi connectivity index (χ4v) is 2.02. The summed E-state index contributed by atoms with van der Waals surface area (Å²) in [5.74, 6) is 0.841. The summed E-state index contributed by atoms with van der Waals surface area (Å²) < 4.78 is 6.34. The van der Waals surface area contributed by atoms with Gasteiger partial charge in [-0.3, -0.25) is 0 Å². The predicted octanol–water partition coefficient (Wildman–Crippen LogP) is 3.58. The smallest absolute Gasteiger partial charge is 0.123 e. The standard InChI is InChI=1S/C14H14BrNO/c1-17-14-7-4-11(8-12(14)9-16)10-2-5-13(15)6-3-10/h2-8H,9,16H2,1H3. The minimum absolute atomic E-state index is 0.480. The van der Waals surface area contributed by atoms with Gasteiger partial charge in [0, 0.05) is 16.6 Å². The monoisotopic (exact) mass is 291 g/mol. The average molecular weight is 292 g/mol. The zero-order valence-corrected chi connectivity index (χ0v) is 11.2. The summed E-state index contributed by atoms with van der Waals surface area (Å²) in [6.07, 6.45) is 0. The van der Waals surface area contributed by atoms with E-state index in [1.54, 1.807) is 7.11 Å². The number of benzene rings is 2. The molecule has 88 valence electrons. The average Bonchev–Trinajstić information content (AvgIpc) is 2.39. The zero-order chi connectivity index (χ0) is 12.3. The molecule has 2 rings (SSSR count). The summed E-state index contributed by atoms with van der Waals surface area (Å²) >= 11 is 3.43. The third-order valence-electron chi connectivity index (χ3n) is 2.68. The molecule has 0 radical (unpaired) electrons. The first-order valence-electron chi connectivity index (χ1n) is 5.37. The molecule has 0 aliphatic carbocycles. The van der Waals surface area contributed by atoms with Crippen molar-refractivity contribution >= 4 is 15.9 Å². The van der Waals surface area contributed by atoms with Gasteiger partial charge in [-0.1, -0.05) is 34.1 Å². The van der Waals surface area contributed by atoms with Crippen LogP contribution < -0.4 is 10.5 Å². The van der Waals surface area contributed by atoms with Crippen LogP contribution in [0.4, 0.5) is 0 Å². The van der Waals surface area contributed by atoms with Gasteiger partial charge in [-0.15, -0.1) is 0 Å². The van der Waals surface area contributed by atoms with Crippen molar-refractivity contribution in [3.8, 4) is 16.9 Å². The molecule has 0 unspecified atom stereocenters. The SMILES string of the molecule is COc1ccc(-c2ccc(Br)cc2)cc1CN. The third kappa shape index (κ3) is 2.68. The largest absolute Gasteiger partial charge is 0.496 e. The Bertz CT molecular complexity index is 508.